The summed E-state index contributed by atoms with van der Waals surface area (Å²) in [5.41, 5.74) is 5.64. The molecule has 102 valence electrons. The van der Waals surface area contributed by atoms with Crippen LogP contribution in [-0.4, -0.2) is 50.4 Å². The maximum absolute atomic E-state index is 12.0. The van der Waals surface area contributed by atoms with Gasteiger partial charge < -0.3 is 20.1 Å². The second-order valence-corrected chi connectivity index (χ2v) is 4.45. The van der Waals surface area contributed by atoms with Gasteiger partial charge in [-0.1, -0.05) is 20.3 Å². The van der Waals surface area contributed by atoms with Crippen molar-refractivity contribution in [3.8, 4) is 0 Å². The molecule has 0 aromatic heterocycles. The molecule has 1 amide bonds. The van der Waals surface area contributed by atoms with Crippen LogP contribution in [0.25, 0.3) is 0 Å². The number of ether oxygens (including phenoxy) is 2. The first-order valence-electron chi connectivity index (χ1n) is 6.06. The molecule has 2 atom stereocenters. The summed E-state index contributed by atoms with van der Waals surface area (Å²) >= 11 is 0. The molecule has 0 saturated heterocycles. The van der Waals surface area contributed by atoms with Crippen LogP contribution >= 0.6 is 0 Å². The van der Waals surface area contributed by atoms with Crippen LogP contribution in [0.5, 0.6) is 0 Å². The molecule has 0 aromatic carbocycles. The Labute approximate surface area is 104 Å². The zero-order valence-corrected chi connectivity index (χ0v) is 11.6. The van der Waals surface area contributed by atoms with Crippen molar-refractivity contribution in [3.63, 3.8) is 0 Å². The van der Waals surface area contributed by atoms with Crippen LogP contribution < -0.4 is 5.73 Å². The molecule has 0 unspecified atom stereocenters. The summed E-state index contributed by atoms with van der Waals surface area (Å²) in [6, 6.07) is -0.492. The fourth-order valence-corrected chi connectivity index (χ4v) is 1.47. The third kappa shape index (κ3) is 6.00. The summed E-state index contributed by atoms with van der Waals surface area (Å²) in [5, 5.41) is 0. The predicted molar refractivity (Wildman–Crippen MR) is 67.5 cm³/mol. The van der Waals surface area contributed by atoms with E-state index in [0.29, 0.717) is 19.0 Å². The predicted octanol–water partition coefficient (Wildman–Crippen LogP) is 0.827. The topological polar surface area (TPSA) is 64.8 Å². The van der Waals surface area contributed by atoms with Gasteiger partial charge in [0.25, 0.3) is 0 Å². The summed E-state index contributed by atoms with van der Waals surface area (Å²) in [7, 11) is 3.12. The average molecular weight is 246 g/mol. The number of amides is 1. The molecule has 17 heavy (non-hydrogen) atoms. The molecule has 0 radical (unpaired) electrons. The van der Waals surface area contributed by atoms with Gasteiger partial charge >= 0.3 is 0 Å². The van der Waals surface area contributed by atoms with Crippen molar-refractivity contribution in [2.75, 3.05) is 27.3 Å². The van der Waals surface area contributed by atoms with E-state index < -0.39 is 12.3 Å². The van der Waals surface area contributed by atoms with E-state index in [1.807, 2.05) is 0 Å². The van der Waals surface area contributed by atoms with Crippen LogP contribution in [-0.2, 0) is 14.3 Å². The molecule has 5 nitrogen and oxygen atoms in total. The van der Waals surface area contributed by atoms with Crippen molar-refractivity contribution in [1.82, 2.24) is 4.90 Å². The molecule has 0 saturated carbocycles. The number of hydrogen-bond acceptors (Lipinski definition) is 4. The molecular formula is C12H26N2O3. The van der Waals surface area contributed by atoms with E-state index in [0.717, 1.165) is 6.42 Å². The Balaban J connectivity index is 4.55. The molecule has 0 bridgehead atoms. The lowest BCUT2D eigenvalue weighted by molar-refractivity contribution is -0.147. The third-order valence-corrected chi connectivity index (χ3v) is 2.83. The van der Waals surface area contributed by atoms with Crippen LogP contribution in [0.1, 0.15) is 27.2 Å². The van der Waals surface area contributed by atoms with Gasteiger partial charge in [-0.05, 0) is 12.8 Å². The van der Waals surface area contributed by atoms with Gasteiger partial charge in [-0.15, -0.1) is 0 Å². The lowest BCUT2D eigenvalue weighted by Crippen LogP contribution is -2.47. The Morgan fingerprint density at radius 1 is 1.24 bits per heavy atom. The molecule has 0 aliphatic heterocycles. The van der Waals surface area contributed by atoms with Crippen LogP contribution in [0, 0.1) is 5.92 Å². The van der Waals surface area contributed by atoms with E-state index in [9.17, 15) is 4.79 Å². The van der Waals surface area contributed by atoms with Crippen molar-refractivity contribution in [2.24, 2.45) is 11.7 Å². The summed E-state index contributed by atoms with van der Waals surface area (Å²) in [4.78, 5) is 13.7. The Hall–Kier alpha value is -0.650. The molecule has 0 aliphatic rings. The highest BCUT2D eigenvalue weighted by molar-refractivity contribution is 5.81. The smallest absolute Gasteiger partial charge is 0.239 e. The standard InChI is InChI=1S/C12H26N2O3/c1-6-9(2)7-14(12(15)10(3)13)8-11(16-4)17-5/h9-11H,6-8,13H2,1-5H3/t9-,10-/m0/s1. The zero-order chi connectivity index (χ0) is 13.4. The maximum atomic E-state index is 12.0. The van der Waals surface area contributed by atoms with E-state index >= 15 is 0 Å². The SMILES string of the molecule is CC[C@H](C)CN(CC(OC)OC)C(=O)[C@H](C)N. The van der Waals surface area contributed by atoms with Crippen LogP contribution in [0.4, 0.5) is 0 Å². The van der Waals surface area contributed by atoms with E-state index in [1.165, 1.54) is 0 Å². The lowest BCUT2D eigenvalue weighted by Gasteiger charge is -2.29. The second-order valence-electron chi connectivity index (χ2n) is 4.45. The van der Waals surface area contributed by atoms with Crippen LogP contribution in [0.3, 0.4) is 0 Å². The molecule has 0 spiro atoms. The number of carbonyl (C=O) groups is 1. The van der Waals surface area contributed by atoms with Crippen molar-refractivity contribution < 1.29 is 14.3 Å². The molecule has 2 N–H and O–H groups in total. The van der Waals surface area contributed by atoms with Crippen molar-refractivity contribution in [1.29, 1.82) is 0 Å². The Morgan fingerprint density at radius 3 is 2.12 bits per heavy atom. The van der Waals surface area contributed by atoms with Gasteiger partial charge in [0.1, 0.15) is 0 Å². The van der Waals surface area contributed by atoms with Crippen molar-refractivity contribution in [3.05, 3.63) is 0 Å². The van der Waals surface area contributed by atoms with Gasteiger partial charge in [0.15, 0.2) is 6.29 Å². The minimum absolute atomic E-state index is 0.0654. The molecule has 0 heterocycles. The zero-order valence-electron chi connectivity index (χ0n) is 11.6. The highest BCUT2D eigenvalue weighted by atomic mass is 16.7. The molecule has 5 heteroatoms. The summed E-state index contributed by atoms with van der Waals surface area (Å²) in [6.07, 6.45) is 0.620. The second kappa shape index (κ2) is 8.44. The number of carbonyl (C=O) groups excluding carboxylic acids is 1. The van der Waals surface area contributed by atoms with E-state index in [4.69, 9.17) is 15.2 Å². The highest BCUT2D eigenvalue weighted by Crippen LogP contribution is 2.08. The maximum Gasteiger partial charge on any atom is 0.239 e. The molecule has 0 aromatic rings. The molecule has 0 rings (SSSR count). The summed E-state index contributed by atoms with van der Waals surface area (Å²) in [5.74, 6) is 0.372. The van der Waals surface area contributed by atoms with Gasteiger partial charge in [-0.2, -0.15) is 0 Å². The van der Waals surface area contributed by atoms with Crippen molar-refractivity contribution >= 4 is 5.91 Å². The number of hydrogen-bond donors (Lipinski definition) is 1. The van der Waals surface area contributed by atoms with Crippen LogP contribution in [0.2, 0.25) is 0 Å². The van der Waals surface area contributed by atoms with E-state index in [-0.39, 0.29) is 5.91 Å². The van der Waals surface area contributed by atoms with Crippen molar-refractivity contribution in [2.45, 2.75) is 39.5 Å². The Kier molecular flexibility index (Phi) is 8.12. The third-order valence-electron chi connectivity index (χ3n) is 2.83. The highest BCUT2D eigenvalue weighted by Gasteiger charge is 2.22. The molecule has 0 fully saturated rings. The van der Waals surface area contributed by atoms with E-state index in [1.54, 1.807) is 26.0 Å². The lowest BCUT2D eigenvalue weighted by atomic mass is 10.1. The molecular weight excluding hydrogens is 220 g/mol. The minimum Gasteiger partial charge on any atom is -0.354 e. The summed E-state index contributed by atoms with van der Waals surface area (Å²) in [6.45, 7) is 7.00. The monoisotopic (exact) mass is 246 g/mol. The van der Waals surface area contributed by atoms with E-state index in [2.05, 4.69) is 13.8 Å². The first kappa shape index (κ1) is 16.4. The number of methoxy groups -OCH3 is 2. The number of nitrogens with two attached hydrogens (primary N) is 1. The molecule has 0 aliphatic carbocycles. The fraction of sp³-hybridized carbons (Fsp3) is 0.917. The Morgan fingerprint density at radius 2 is 1.76 bits per heavy atom. The fourth-order valence-electron chi connectivity index (χ4n) is 1.47. The van der Waals surface area contributed by atoms with Gasteiger partial charge in [0.2, 0.25) is 5.91 Å². The van der Waals surface area contributed by atoms with Gasteiger partial charge in [0, 0.05) is 20.8 Å². The number of rotatable bonds is 8. The normalized spacial score (nSPS) is 14.8. The minimum atomic E-state index is -0.492. The van der Waals surface area contributed by atoms with Gasteiger partial charge in [-0.3, -0.25) is 4.79 Å². The largest absolute Gasteiger partial charge is 0.354 e. The van der Waals surface area contributed by atoms with Gasteiger partial charge in [0.05, 0.1) is 12.6 Å². The Bertz CT molecular complexity index is 218. The first-order valence-corrected chi connectivity index (χ1v) is 6.06. The quantitative estimate of drug-likeness (QED) is 0.644. The number of nitrogens with zero attached hydrogens (tertiary/aromatic N) is 1. The van der Waals surface area contributed by atoms with Gasteiger partial charge in [-0.25, -0.2) is 0 Å². The summed E-state index contributed by atoms with van der Waals surface area (Å²) < 4.78 is 10.2. The average Bonchev–Trinajstić information content (AvgIpc) is 2.32. The first-order chi connectivity index (χ1) is 7.96. The van der Waals surface area contributed by atoms with Crippen LogP contribution in [0.15, 0.2) is 0 Å².